The normalized spacial score (nSPS) is 19.7. The van der Waals surface area contributed by atoms with Gasteiger partial charge in [-0.3, -0.25) is 33.9 Å². The van der Waals surface area contributed by atoms with Crippen LogP contribution in [0, 0.1) is 16.0 Å². The molecular formula is C27H17F3N4O6S3. The molecule has 3 amide bonds. The number of nitrogens with one attached hydrogen (secondary N) is 1. The maximum Gasteiger partial charge on any atom is 0.416 e. The number of fused-ring (bicyclic) bond motifs is 2. The van der Waals surface area contributed by atoms with E-state index in [1.807, 2.05) is 0 Å². The summed E-state index contributed by atoms with van der Waals surface area (Å²) >= 11 is 3.16. The average Bonchev–Trinajstić information content (AvgIpc) is 3.66. The van der Waals surface area contributed by atoms with Crippen LogP contribution in [0.3, 0.4) is 0 Å². The fourth-order valence-corrected chi connectivity index (χ4v) is 8.85. The van der Waals surface area contributed by atoms with Crippen molar-refractivity contribution in [2.75, 3.05) is 10.2 Å². The van der Waals surface area contributed by atoms with Gasteiger partial charge in [0, 0.05) is 33.5 Å². The van der Waals surface area contributed by atoms with Gasteiger partial charge in [-0.05, 0) is 41.8 Å². The first kappa shape index (κ1) is 28.8. The third-order valence-corrected chi connectivity index (χ3v) is 10.6. The van der Waals surface area contributed by atoms with Gasteiger partial charge in [0.2, 0.25) is 17.7 Å². The number of benzene rings is 2. The number of hydrogen-bond acceptors (Lipinski definition) is 9. The highest BCUT2D eigenvalue weighted by Gasteiger charge is 2.57. The number of carbonyl (C=O) groups is 3. The van der Waals surface area contributed by atoms with E-state index in [2.05, 4.69) is 5.32 Å². The third-order valence-electron chi connectivity index (χ3n) is 6.99. The van der Waals surface area contributed by atoms with E-state index in [1.54, 1.807) is 17.5 Å². The van der Waals surface area contributed by atoms with Gasteiger partial charge in [0.25, 0.3) is 5.69 Å². The highest BCUT2D eigenvalue weighted by atomic mass is 32.2. The summed E-state index contributed by atoms with van der Waals surface area (Å²) in [5, 5.41) is 14.6. The van der Waals surface area contributed by atoms with Crippen LogP contribution in [0.25, 0.3) is 0 Å². The molecule has 0 saturated carbocycles. The number of halogens is 3. The number of non-ortho nitro benzene ring substituents is 1. The first-order valence-electron chi connectivity index (χ1n) is 12.5. The fourth-order valence-electron chi connectivity index (χ4n) is 5.13. The molecule has 2 aromatic carbocycles. The number of rotatable bonds is 6. The molecule has 6 rings (SSSR count). The van der Waals surface area contributed by atoms with Gasteiger partial charge < -0.3 is 5.32 Å². The van der Waals surface area contributed by atoms with Gasteiger partial charge in [0.15, 0.2) is 0 Å². The Hall–Kier alpha value is -4.28. The number of thiophene rings is 1. The number of nitrogens with zero attached hydrogens (tertiary/aromatic N) is 3. The molecular weight excluding hydrogens is 630 g/mol. The van der Waals surface area contributed by atoms with Gasteiger partial charge >= 0.3 is 11.0 Å². The highest BCUT2D eigenvalue weighted by Crippen LogP contribution is 2.54. The second kappa shape index (κ2) is 10.8. The molecule has 2 aliphatic heterocycles. The lowest BCUT2D eigenvalue weighted by Crippen LogP contribution is -2.32. The highest BCUT2D eigenvalue weighted by molar-refractivity contribution is 8.00. The van der Waals surface area contributed by atoms with Crippen molar-refractivity contribution in [3.05, 3.63) is 101 Å². The molecule has 10 nitrogen and oxygen atoms in total. The van der Waals surface area contributed by atoms with Gasteiger partial charge in [-0.1, -0.05) is 35.2 Å². The quantitative estimate of drug-likeness (QED) is 0.170. The molecule has 1 saturated heterocycles. The van der Waals surface area contributed by atoms with Gasteiger partial charge in [-0.15, -0.1) is 11.3 Å². The number of thioether (sulfide) groups is 1. The van der Waals surface area contributed by atoms with Crippen LogP contribution in [0.5, 0.6) is 0 Å². The van der Waals surface area contributed by atoms with Crippen LogP contribution in [0.2, 0.25) is 0 Å². The molecule has 0 radical (unpaired) electrons. The lowest BCUT2D eigenvalue weighted by molar-refractivity contribution is -0.384. The number of anilines is 2. The largest absolute Gasteiger partial charge is 0.416 e. The predicted molar refractivity (Wildman–Crippen MR) is 154 cm³/mol. The molecule has 3 atom stereocenters. The van der Waals surface area contributed by atoms with Crippen molar-refractivity contribution in [2.24, 2.45) is 5.92 Å². The SMILES string of the molecule is O=C(Cn1c2c(sc1=O)C(c1cccs1)C1C(=O)N(c3ccc([N+](=O)[O-])cc3)C(=O)C1S2)Nc1cccc(C(F)(F)F)c1. The van der Waals surface area contributed by atoms with Crippen molar-refractivity contribution in [2.45, 2.75) is 28.9 Å². The van der Waals surface area contributed by atoms with Crippen LogP contribution in [-0.2, 0) is 27.1 Å². The molecule has 1 fully saturated rings. The summed E-state index contributed by atoms with van der Waals surface area (Å²) in [4.78, 5) is 65.7. The summed E-state index contributed by atoms with van der Waals surface area (Å²) in [6.07, 6.45) is -4.61. The molecule has 220 valence electrons. The maximum atomic E-state index is 13.8. The Morgan fingerprint density at radius 1 is 1.02 bits per heavy atom. The van der Waals surface area contributed by atoms with E-state index < -0.39 is 62.9 Å². The Bertz CT molecular complexity index is 1840. The predicted octanol–water partition coefficient (Wildman–Crippen LogP) is 5.33. The number of aromatic nitrogens is 1. The molecule has 2 aliphatic rings. The van der Waals surface area contributed by atoms with Crippen molar-refractivity contribution < 1.29 is 32.5 Å². The Labute approximate surface area is 251 Å². The Balaban J connectivity index is 1.34. The van der Waals surface area contributed by atoms with E-state index in [4.69, 9.17) is 0 Å². The van der Waals surface area contributed by atoms with E-state index in [0.717, 1.165) is 55.6 Å². The zero-order chi connectivity index (χ0) is 30.6. The van der Waals surface area contributed by atoms with E-state index in [-0.39, 0.29) is 17.1 Å². The van der Waals surface area contributed by atoms with Crippen LogP contribution < -0.4 is 15.1 Å². The zero-order valence-electron chi connectivity index (χ0n) is 21.4. The summed E-state index contributed by atoms with van der Waals surface area (Å²) in [5.74, 6) is -3.40. The van der Waals surface area contributed by atoms with Crippen LogP contribution >= 0.6 is 34.4 Å². The van der Waals surface area contributed by atoms with Crippen molar-refractivity contribution in [1.29, 1.82) is 0 Å². The Morgan fingerprint density at radius 3 is 2.42 bits per heavy atom. The molecule has 16 heteroatoms. The van der Waals surface area contributed by atoms with Gasteiger partial charge in [0.05, 0.1) is 27.1 Å². The maximum absolute atomic E-state index is 13.8. The monoisotopic (exact) mass is 646 g/mol. The molecule has 0 spiro atoms. The van der Waals surface area contributed by atoms with Crippen molar-refractivity contribution >= 4 is 69.2 Å². The second-order valence-corrected chi connectivity index (χ2v) is 12.7. The topological polar surface area (TPSA) is 132 Å². The van der Waals surface area contributed by atoms with Gasteiger partial charge in [-0.25, -0.2) is 4.90 Å². The minimum absolute atomic E-state index is 0.101. The summed E-state index contributed by atoms with van der Waals surface area (Å²) in [5.41, 5.74) is -1.09. The molecule has 3 unspecified atom stereocenters. The van der Waals surface area contributed by atoms with Crippen LogP contribution in [0.15, 0.2) is 75.9 Å². The Morgan fingerprint density at radius 2 is 1.77 bits per heavy atom. The number of alkyl halides is 3. The molecule has 0 bridgehead atoms. The molecule has 4 aromatic rings. The number of thiazole rings is 1. The summed E-state index contributed by atoms with van der Waals surface area (Å²) in [7, 11) is 0. The lowest BCUT2D eigenvalue weighted by atomic mass is 9.87. The number of carbonyl (C=O) groups excluding carboxylic acids is 3. The number of nitro benzene ring substituents is 1. The van der Waals surface area contributed by atoms with Crippen LogP contribution in [-0.4, -0.2) is 32.5 Å². The fraction of sp³-hybridized carbons (Fsp3) is 0.185. The molecule has 43 heavy (non-hydrogen) atoms. The van der Waals surface area contributed by atoms with E-state index in [9.17, 15) is 42.5 Å². The van der Waals surface area contributed by atoms with Gasteiger partial charge in [0.1, 0.15) is 11.8 Å². The summed E-state index contributed by atoms with van der Waals surface area (Å²) in [6.45, 7) is -0.531. The van der Waals surface area contributed by atoms with Gasteiger partial charge in [-0.2, -0.15) is 13.2 Å². The molecule has 1 N–H and O–H groups in total. The smallest absolute Gasteiger partial charge is 0.325 e. The van der Waals surface area contributed by atoms with E-state index in [0.29, 0.717) is 9.90 Å². The first-order valence-corrected chi connectivity index (χ1v) is 15.0. The molecule has 4 heterocycles. The minimum Gasteiger partial charge on any atom is -0.325 e. The standard InChI is InChI=1S/C27H17F3N4O6S3/c28-27(29,30)13-3-1-4-14(11-13)31-18(35)12-32-25-22(43-26(32)38)19(17-5-2-10-41-17)20-21(42-25)24(37)33(23(20)36)15-6-8-16(9-7-15)34(39)40/h1-11,19-21H,12H2,(H,31,35). The molecule has 2 aromatic heterocycles. The van der Waals surface area contributed by atoms with E-state index >= 15 is 0 Å². The number of imide groups is 1. The summed E-state index contributed by atoms with van der Waals surface area (Å²) < 4.78 is 40.5. The third kappa shape index (κ3) is 5.14. The lowest BCUT2D eigenvalue weighted by Gasteiger charge is -2.29. The number of nitro groups is 1. The van der Waals surface area contributed by atoms with Crippen LogP contribution in [0.4, 0.5) is 30.2 Å². The summed E-state index contributed by atoms with van der Waals surface area (Å²) in [6, 6.07) is 12.7. The van der Waals surface area contributed by atoms with Crippen molar-refractivity contribution in [1.82, 2.24) is 4.57 Å². The first-order chi connectivity index (χ1) is 20.4. The Kier molecular flexibility index (Phi) is 7.22. The van der Waals surface area contributed by atoms with Crippen molar-refractivity contribution in [3.8, 4) is 0 Å². The van der Waals surface area contributed by atoms with E-state index in [1.165, 1.54) is 41.7 Å². The van der Waals surface area contributed by atoms with Crippen LogP contribution in [0.1, 0.15) is 21.2 Å². The van der Waals surface area contributed by atoms with Crippen molar-refractivity contribution in [3.63, 3.8) is 0 Å². The zero-order valence-corrected chi connectivity index (χ0v) is 23.9. The number of hydrogen-bond donors (Lipinski definition) is 1. The number of amides is 3. The molecule has 0 aliphatic carbocycles. The minimum atomic E-state index is -4.61. The average molecular weight is 647 g/mol. The second-order valence-electron chi connectivity index (χ2n) is 9.59.